The quantitative estimate of drug-likeness (QED) is 0.0791. The van der Waals surface area contributed by atoms with Crippen molar-refractivity contribution in [2.24, 2.45) is 11.8 Å². The molecule has 12 heteroatoms. The number of carbonyl (C=O) groups is 1. The summed E-state index contributed by atoms with van der Waals surface area (Å²) in [5, 5.41) is 4.79. The SMILES string of the molecule is CCCCCCCCCCCCCCCCCCNC(=O)OC[C@@H]1[C@@H](COP(=O)(O)OCC[n+]2ccsc2)[C@H]2CC[C@@H]1O2.[Br-]. The van der Waals surface area contributed by atoms with Gasteiger partial charge in [-0.2, -0.15) is 4.57 Å². The fourth-order valence-electron chi connectivity index (χ4n) is 6.29. The first-order valence-corrected chi connectivity index (χ1v) is 19.5. The van der Waals surface area contributed by atoms with E-state index >= 15 is 0 Å². The molecule has 1 aromatic heterocycles. The van der Waals surface area contributed by atoms with Crippen molar-refractivity contribution in [1.82, 2.24) is 5.32 Å². The van der Waals surface area contributed by atoms with Crippen LogP contribution in [-0.2, 0) is 29.6 Å². The van der Waals surface area contributed by atoms with E-state index in [9.17, 15) is 14.3 Å². The molecule has 0 saturated carbocycles. The number of aromatic nitrogens is 1. The third kappa shape index (κ3) is 16.3. The van der Waals surface area contributed by atoms with Gasteiger partial charge in [0.15, 0.2) is 12.7 Å². The lowest BCUT2D eigenvalue weighted by Gasteiger charge is -2.27. The molecule has 1 aromatic rings. The smallest absolute Gasteiger partial charge is 0.472 e. The number of alkyl carbamates (subject to hydrolysis) is 1. The van der Waals surface area contributed by atoms with Gasteiger partial charge in [0.25, 0.3) is 0 Å². The van der Waals surface area contributed by atoms with Crippen molar-refractivity contribution < 1.29 is 54.3 Å². The van der Waals surface area contributed by atoms with Gasteiger partial charge in [-0.05, 0) is 19.3 Å². The summed E-state index contributed by atoms with van der Waals surface area (Å²) in [4.78, 5) is 22.4. The zero-order valence-electron chi connectivity index (χ0n) is 26.9. The van der Waals surface area contributed by atoms with Crippen LogP contribution in [0.25, 0.3) is 0 Å². The molecule has 0 radical (unpaired) electrons. The highest BCUT2D eigenvalue weighted by atomic mass is 79.9. The Morgan fingerprint density at radius 2 is 1.43 bits per heavy atom. The van der Waals surface area contributed by atoms with Crippen molar-refractivity contribution in [3.8, 4) is 0 Å². The van der Waals surface area contributed by atoms with E-state index in [1.54, 1.807) is 11.3 Å². The van der Waals surface area contributed by atoms with Gasteiger partial charge in [0.1, 0.15) is 6.61 Å². The summed E-state index contributed by atoms with van der Waals surface area (Å²) in [7, 11) is -4.18. The van der Waals surface area contributed by atoms with Gasteiger partial charge in [0, 0.05) is 18.4 Å². The first-order chi connectivity index (χ1) is 21.0. The number of nitrogens with zero attached hydrogens (tertiary/aromatic N) is 1. The van der Waals surface area contributed by atoms with E-state index in [-0.39, 0.29) is 60.8 Å². The molecule has 2 N–H and O–H groups in total. The predicted octanol–water partition coefficient (Wildman–Crippen LogP) is 4.95. The third-order valence-corrected chi connectivity index (χ3v) is 10.5. The number of phosphoric ester groups is 1. The molecule has 0 aromatic carbocycles. The van der Waals surface area contributed by atoms with E-state index in [1.165, 1.54) is 89.9 Å². The normalized spacial score (nSPS) is 22.0. The summed E-state index contributed by atoms with van der Waals surface area (Å²) in [5.74, 6) is -0.163. The number of unbranched alkanes of at least 4 members (excludes halogenated alkanes) is 15. The van der Waals surface area contributed by atoms with Crippen LogP contribution in [0, 0.1) is 11.8 Å². The second-order valence-corrected chi connectivity index (χ2v) is 14.5. The van der Waals surface area contributed by atoms with E-state index in [4.69, 9.17) is 18.5 Å². The highest BCUT2D eigenvalue weighted by molar-refractivity contribution is 7.47. The molecule has 44 heavy (non-hydrogen) atoms. The number of rotatable bonds is 26. The molecule has 2 bridgehead atoms. The Hall–Kier alpha value is -0.550. The number of hydrogen-bond donors (Lipinski definition) is 2. The zero-order valence-corrected chi connectivity index (χ0v) is 30.2. The lowest BCUT2D eigenvalue weighted by molar-refractivity contribution is -0.693. The number of phosphoric acid groups is 1. The van der Waals surface area contributed by atoms with Gasteiger partial charge in [0.2, 0.25) is 5.51 Å². The average molecular weight is 726 g/mol. The largest absolute Gasteiger partial charge is 1.00 e. The van der Waals surface area contributed by atoms with Crippen LogP contribution < -0.4 is 26.9 Å². The van der Waals surface area contributed by atoms with Gasteiger partial charge in [-0.3, -0.25) is 9.05 Å². The lowest BCUT2D eigenvalue weighted by atomic mass is 9.80. The first-order valence-electron chi connectivity index (χ1n) is 17.1. The van der Waals surface area contributed by atoms with Crippen LogP contribution in [0.5, 0.6) is 0 Å². The van der Waals surface area contributed by atoms with E-state index in [0.29, 0.717) is 13.1 Å². The van der Waals surface area contributed by atoms with E-state index in [1.807, 2.05) is 21.7 Å². The fourth-order valence-corrected chi connectivity index (χ4v) is 7.66. The van der Waals surface area contributed by atoms with Gasteiger partial charge < -0.3 is 36.7 Å². The molecule has 0 spiro atoms. The number of carbonyl (C=O) groups excluding carboxylic acids is 1. The molecule has 256 valence electrons. The molecule has 2 aliphatic rings. The number of nitrogens with one attached hydrogen (secondary N) is 1. The van der Waals surface area contributed by atoms with Gasteiger partial charge in [-0.1, -0.05) is 115 Å². The van der Waals surface area contributed by atoms with Crippen LogP contribution in [0.15, 0.2) is 17.1 Å². The second-order valence-electron chi connectivity index (χ2n) is 12.3. The number of fused-ring (bicyclic) bond motifs is 2. The Morgan fingerprint density at radius 1 is 0.886 bits per heavy atom. The van der Waals surface area contributed by atoms with Gasteiger partial charge >= 0.3 is 13.9 Å². The predicted molar refractivity (Wildman–Crippen MR) is 170 cm³/mol. The molecule has 2 saturated heterocycles. The Kier molecular flexibility index (Phi) is 21.4. The third-order valence-electron chi connectivity index (χ3n) is 8.86. The molecule has 2 aliphatic heterocycles. The molecule has 3 rings (SSSR count). The first kappa shape index (κ1) is 39.6. The van der Waals surface area contributed by atoms with Gasteiger partial charge in [-0.25, -0.2) is 9.36 Å². The number of amides is 1. The van der Waals surface area contributed by atoms with E-state index < -0.39 is 13.9 Å². The molecule has 5 atom stereocenters. The van der Waals surface area contributed by atoms with E-state index in [2.05, 4.69) is 12.2 Å². The number of halogens is 1. The van der Waals surface area contributed by atoms with Crippen LogP contribution in [-0.4, -0.2) is 49.6 Å². The summed E-state index contributed by atoms with van der Waals surface area (Å²) in [6.45, 7) is 3.69. The molecule has 3 heterocycles. The summed E-state index contributed by atoms with van der Waals surface area (Å²) in [5.41, 5.74) is 1.90. The summed E-state index contributed by atoms with van der Waals surface area (Å²) in [6.07, 6.45) is 24.4. The monoisotopic (exact) mass is 724 g/mol. The standard InChI is InChI=1S/C32H57N2O7PS.BrH/c1-2-3-4-5-6-7-8-9-10-11-12-13-14-15-16-17-20-33-32(35)38-25-28-29(31-19-18-30(28)41-31)26-40-42(36,37)39-23-21-34-22-24-43-27-34;/h22,24,27-31H,2-21,23,25-26H2,1H3,(H-,33,35,36,37);1H/t28-,29-,30+,31-;/m1./s1. The van der Waals surface area contributed by atoms with Gasteiger partial charge in [-0.15, -0.1) is 0 Å². The van der Waals surface area contributed by atoms with Crippen molar-refractivity contribution in [3.05, 3.63) is 17.1 Å². The number of ether oxygens (including phenoxy) is 2. The molecular formula is C32H58BrN2O7PS. The Bertz CT molecular complexity index is 913. The van der Waals surface area contributed by atoms with Gasteiger partial charge in [0.05, 0.1) is 30.8 Å². The van der Waals surface area contributed by atoms with Crippen molar-refractivity contribution in [2.75, 3.05) is 26.4 Å². The average Bonchev–Trinajstić information content (AvgIpc) is 3.75. The molecule has 0 aliphatic carbocycles. The zero-order chi connectivity index (χ0) is 30.6. The molecule has 1 unspecified atom stereocenters. The number of thiazole rings is 1. The molecule has 9 nitrogen and oxygen atoms in total. The topological polar surface area (TPSA) is 107 Å². The Morgan fingerprint density at radius 3 is 1.98 bits per heavy atom. The highest BCUT2D eigenvalue weighted by Crippen LogP contribution is 2.48. The minimum Gasteiger partial charge on any atom is -1.00 e. The van der Waals surface area contributed by atoms with Crippen LogP contribution in [0.1, 0.15) is 122 Å². The van der Waals surface area contributed by atoms with Crippen LogP contribution in [0.4, 0.5) is 4.79 Å². The van der Waals surface area contributed by atoms with Crippen molar-refractivity contribution >= 4 is 25.3 Å². The number of hydrogen-bond acceptors (Lipinski definition) is 7. The van der Waals surface area contributed by atoms with Crippen molar-refractivity contribution in [2.45, 2.75) is 141 Å². The molecule has 2 fully saturated rings. The van der Waals surface area contributed by atoms with Crippen LogP contribution in [0.3, 0.4) is 0 Å². The minimum absolute atomic E-state index is 0. The van der Waals surface area contributed by atoms with Crippen LogP contribution >= 0.6 is 19.2 Å². The van der Waals surface area contributed by atoms with Crippen LogP contribution in [0.2, 0.25) is 0 Å². The van der Waals surface area contributed by atoms with Crippen molar-refractivity contribution in [1.29, 1.82) is 0 Å². The maximum absolute atomic E-state index is 12.4. The minimum atomic E-state index is -4.18. The highest BCUT2D eigenvalue weighted by Gasteiger charge is 2.50. The summed E-state index contributed by atoms with van der Waals surface area (Å²) >= 11 is 1.54. The fraction of sp³-hybridized carbons (Fsp3) is 0.875. The lowest BCUT2D eigenvalue weighted by Crippen LogP contribution is -3.00. The van der Waals surface area contributed by atoms with E-state index in [0.717, 1.165) is 25.7 Å². The maximum Gasteiger partial charge on any atom is 0.472 e. The summed E-state index contributed by atoms with van der Waals surface area (Å²) in [6, 6.07) is 0. The summed E-state index contributed by atoms with van der Waals surface area (Å²) < 4.78 is 36.3. The molecule has 1 amide bonds. The van der Waals surface area contributed by atoms with Crippen molar-refractivity contribution in [3.63, 3.8) is 0 Å². The Balaban J connectivity index is 0.00000675. The molecular weight excluding hydrogens is 667 g/mol. The Labute approximate surface area is 280 Å². The second kappa shape index (κ2) is 23.7. The maximum atomic E-state index is 12.4.